The maximum atomic E-state index is 6.53. The van der Waals surface area contributed by atoms with Crippen molar-refractivity contribution in [1.29, 1.82) is 0 Å². The molecule has 5 rings (SSSR count). The van der Waals surface area contributed by atoms with Crippen LogP contribution >= 0.6 is 0 Å². The van der Waals surface area contributed by atoms with E-state index >= 15 is 0 Å². The molecular formula is C22H28N4O. The second-order valence-electron chi connectivity index (χ2n) is 8.36. The van der Waals surface area contributed by atoms with E-state index in [1.54, 1.807) is 0 Å². The number of nitrogens with zero attached hydrogens (tertiary/aromatic N) is 3. The summed E-state index contributed by atoms with van der Waals surface area (Å²) in [5, 5.41) is 0. The molecule has 0 spiro atoms. The summed E-state index contributed by atoms with van der Waals surface area (Å²) < 4.78 is 5.39. The molecule has 2 saturated heterocycles. The fourth-order valence-electron chi connectivity index (χ4n) is 4.60. The smallest absolute Gasteiger partial charge is 0.226 e. The number of hydrogen-bond donors (Lipinski definition) is 1. The van der Waals surface area contributed by atoms with Crippen molar-refractivity contribution in [1.82, 2.24) is 9.97 Å². The summed E-state index contributed by atoms with van der Waals surface area (Å²) in [6.45, 7) is 6.74. The first kappa shape index (κ1) is 17.1. The van der Waals surface area contributed by atoms with Crippen molar-refractivity contribution in [3.8, 4) is 11.3 Å². The van der Waals surface area contributed by atoms with Crippen molar-refractivity contribution >= 4 is 5.95 Å². The molecule has 0 bridgehead atoms. The van der Waals surface area contributed by atoms with Gasteiger partial charge >= 0.3 is 0 Å². The number of ether oxygens (including phenoxy) is 1. The highest BCUT2D eigenvalue weighted by Crippen LogP contribution is 2.37. The molecule has 1 atom stereocenters. The van der Waals surface area contributed by atoms with Gasteiger partial charge < -0.3 is 15.4 Å². The van der Waals surface area contributed by atoms with E-state index < -0.39 is 0 Å². The van der Waals surface area contributed by atoms with Gasteiger partial charge in [-0.1, -0.05) is 19.1 Å². The van der Waals surface area contributed by atoms with Crippen LogP contribution in [0.2, 0.25) is 0 Å². The average molecular weight is 364 g/mol. The lowest BCUT2D eigenvalue weighted by atomic mass is 9.83. The topological polar surface area (TPSA) is 64.3 Å². The van der Waals surface area contributed by atoms with Crippen LogP contribution in [0.5, 0.6) is 0 Å². The number of fused-ring (bicyclic) bond motifs is 1. The van der Waals surface area contributed by atoms with E-state index in [0.29, 0.717) is 19.3 Å². The minimum Gasteiger partial charge on any atom is -0.377 e. The van der Waals surface area contributed by atoms with Crippen LogP contribution in [0.3, 0.4) is 0 Å². The third-order valence-corrected chi connectivity index (χ3v) is 6.51. The van der Waals surface area contributed by atoms with Crippen molar-refractivity contribution in [2.45, 2.75) is 57.5 Å². The van der Waals surface area contributed by atoms with E-state index in [9.17, 15) is 0 Å². The van der Waals surface area contributed by atoms with Gasteiger partial charge in [0.2, 0.25) is 5.95 Å². The predicted octanol–water partition coefficient (Wildman–Crippen LogP) is 2.98. The van der Waals surface area contributed by atoms with Crippen molar-refractivity contribution in [2.75, 3.05) is 24.7 Å². The minimum absolute atomic E-state index is 0.324. The van der Waals surface area contributed by atoms with Crippen molar-refractivity contribution in [3.63, 3.8) is 0 Å². The number of aromatic nitrogens is 2. The Labute approximate surface area is 161 Å². The molecule has 2 aromatic rings. The molecule has 2 N–H and O–H groups in total. The number of benzene rings is 1. The van der Waals surface area contributed by atoms with Crippen LogP contribution < -0.4 is 10.6 Å². The van der Waals surface area contributed by atoms with Crippen LogP contribution in [0.25, 0.3) is 11.3 Å². The summed E-state index contributed by atoms with van der Waals surface area (Å²) in [5.74, 6) is 0.911. The molecular weight excluding hydrogens is 336 g/mol. The Balaban J connectivity index is 1.60. The number of anilines is 1. The van der Waals surface area contributed by atoms with E-state index in [1.807, 2.05) is 0 Å². The Bertz CT molecular complexity index is 890. The Morgan fingerprint density at radius 3 is 2.74 bits per heavy atom. The largest absolute Gasteiger partial charge is 0.377 e. The summed E-state index contributed by atoms with van der Waals surface area (Å²) in [7, 11) is 0. The maximum absolute atomic E-state index is 6.53. The minimum atomic E-state index is -0.324. The van der Waals surface area contributed by atoms with Gasteiger partial charge in [0.05, 0.1) is 24.4 Å². The van der Waals surface area contributed by atoms with Crippen LogP contribution in [0.4, 0.5) is 5.95 Å². The summed E-state index contributed by atoms with van der Waals surface area (Å²) in [4.78, 5) is 12.3. The highest BCUT2D eigenvalue weighted by Gasteiger charge is 2.37. The van der Waals surface area contributed by atoms with E-state index in [-0.39, 0.29) is 5.54 Å². The molecule has 3 aliphatic rings. The second kappa shape index (κ2) is 6.28. The van der Waals surface area contributed by atoms with Crippen LogP contribution in [0.1, 0.15) is 49.1 Å². The first-order chi connectivity index (χ1) is 13.1. The van der Waals surface area contributed by atoms with Crippen molar-refractivity contribution in [3.05, 3.63) is 40.6 Å². The number of rotatable bonds is 4. The highest BCUT2D eigenvalue weighted by atomic mass is 16.5. The van der Waals surface area contributed by atoms with Crippen LogP contribution in [-0.4, -0.2) is 35.8 Å². The third-order valence-electron chi connectivity index (χ3n) is 6.51. The van der Waals surface area contributed by atoms with Gasteiger partial charge in [-0.2, -0.15) is 0 Å². The molecule has 5 heteroatoms. The molecule has 0 unspecified atom stereocenters. The summed E-state index contributed by atoms with van der Waals surface area (Å²) >= 11 is 0. The van der Waals surface area contributed by atoms with Crippen molar-refractivity contribution in [2.24, 2.45) is 5.73 Å². The van der Waals surface area contributed by atoms with Crippen LogP contribution in [0.15, 0.2) is 18.2 Å². The normalized spacial score (nSPS) is 22.9. The van der Waals surface area contributed by atoms with Gasteiger partial charge in [0.1, 0.15) is 0 Å². The molecule has 0 amide bonds. The lowest BCUT2D eigenvalue weighted by molar-refractivity contribution is -0.0572. The average Bonchev–Trinajstić information content (AvgIpc) is 3.12. The standard InChI is InChI=1S/C22H28N4O/c1-3-15-11-16(7-8-18(15)22(23)12-27-13-22)20-17-5-4-6-19(17)24-21(25-20)26-10-9-14(26)2/h7-8,11,14H,3-6,9-10,12-13,23H2,1-2H3/t14-/m0/s1. The lowest BCUT2D eigenvalue weighted by Gasteiger charge is -2.39. The Morgan fingerprint density at radius 1 is 1.26 bits per heavy atom. The Morgan fingerprint density at radius 2 is 2.11 bits per heavy atom. The Kier molecular flexibility index (Phi) is 3.99. The SMILES string of the molecule is CCc1cc(-c2nc(N3CC[C@@H]3C)nc3c2CCC3)ccc1C1(N)COC1. The Hall–Kier alpha value is -1.98. The zero-order valence-corrected chi connectivity index (χ0v) is 16.3. The second-order valence-corrected chi connectivity index (χ2v) is 8.36. The van der Waals surface area contributed by atoms with Gasteiger partial charge in [-0.15, -0.1) is 0 Å². The van der Waals surface area contributed by atoms with Gasteiger partial charge in [0.15, 0.2) is 0 Å². The van der Waals surface area contributed by atoms with E-state index in [4.69, 9.17) is 20.4 Å². The summed E-state index contributed by atoms with van der Waals surface area (Å²) in [6, 6.07) is 7.24. The van der Waals surface area contributed by atoms with Gasteiger partial charge in [-0.05, 0) is 56.2 Å². The first-order valence-corrected chi connectivity index (χ1v) is 10.3. The van der Waals surface area contributed by atoms with Gasteiger partial charge in [-0.3, -0.25) is 0 Å². The van der Waals surface area contributed by atoms with Gasteiger partial charge in [-0.25, -0.2) is 9.97 Å². The fourth-order valence-corrected chi connectivity index (χ4v) is 4.60. The summed E-state index contributed by atoms with van der Waals surface area (Å²) in [6.07, 6.45) is 5.52. The molecule has 1 aromatic carbocycles. The molecule has 2 fully saturated rings. The molecule has 2 aliphatic heterocycles. The number of nitrogens with two attached hydrogens (primary N) is 1. The predicted molar refractivity (Wildman–Crippen MR) is 107 cm³/mol. The van der Waals surface area contributed by atoms with E-state index in [2.05, 4.69) is 36.9 Å². The molecule has 1 aliphatic carbocycles. The zero-order chi connectivity index (χ0) is 18.6. The summed E-state index contributed by atoms with van der Waals surface area (Å²) in [5.41, 5.74) is 13.7. The monoisotopic (exact) mass is 364 g/mol. The number of aryl methyl sites for hydroxylation is 2. The quantitative estimate of drug-likeness (QED) is 0.904. The van der Waals surface area contributed by atoms with Gasteiger partial charge in [0, 0.05) is 29.4 Å². The maximum Gasteiger partial charge on any atom is 0.226 e. The van der Waals surface area contributed by atoms with Gasteiger partial charge in [0.25, 0.3) is 0 Å². The first-order valence-electron chi connectivity index (χ1n) is 10.3. The zero-order valence-electron chi connectivity index (χ0n) is 16.3. The van der Waals surface area contributed by atoms with Crippen molar-refractivity contribution < 1.29 is 4.74 Å². The number of hydrogen-bond acceptors (Lipinski definition) is 5. The molecule has 1 aromatic heterocycles. The molecule has 5 nitrogen and oxygen atoms in total. The molecule has 0 saturated carbocycles. The molecule has 3 heterocycles. The van der Waals surface area contributed by atoms with Crippen LogP contribution in [0, 0.1) is 0 Å². The molecule has 0 radical (unpaired) electrons. The van der Waals surface area contributed by atoms with Crippen LogP contribution in [-0.2, 0) is 29.5 Å². The van der Waals surface area contributed by atoms with E-state index in [0.717, 1.165) is 37.4 Å². The molecule has 142 valence electrons. The lowest BCUT2D eigenvalue weighted by Crippen LogP contribution is -2.54. The van der Waals surface area contributed by atoms with E-state index in [1.165, 1.54) is 40.8 Å². The molecule has 27 heavy (non-hydrogen) atoms. The fraction of sp³-hybridized carbons (Fsp3) is 0.545. The third kappa shape index (κ3) is 2.67. The highest BCUT2D eigenvalue weighted by molar-refractivity contribution is 5.68.